The fourth-order valence-electron chi connectivity index (χ4n) is 1.38. The minimum absolute atomic E-state index is 0.109. The van der Waals surface area contributed by atoms with Crippen LogP contribution < -0.4 is 0 Å². The monoisotopic (exact) mass is 242 g/mol. The van der Waals surface area contributed by atoms with Gasteiger partial charge in [0, 0.05) is 5.75 Å². The maximum Gasteiger partial charge on any atom is 0.335 e. The first kappa shape index (κ1) is 13.0. The van der Waals surface area contributed by atoms with Gasteiger partial charge in [-0.05, 0) is 24.1 Å². The van der Waals surface area contributed by atoms with Gasteiger partial charge in [-0.1, -0.05) is 12.1 Å². The number of thiol groups is 1. The van der Waals surface area contributed by atoms with E-state index < -0.39 is 18.2 Å². The van der Waals surface area contributed by atoms with Crippen LogP contribution in [-0.2, 0) is 0 Å². The van der Waals surface area contributed by atoms with Crippen molar-refractivity contribution in [1.82, 2.24) is 0 Å². The van der Waals surface area contributed by atoms with E-state index >= 15 is 0 Å². The molecule has 0 heterocycles. The summed E-state index contributed by atoms with van der Waals surface area (Å²) in [4.78, 5) is 10.9. The fourth-order valence-corrected chi connectivity index (χ4v) is 1.58. The summed E-state index contributed by atoms with van der Waals surface area (Å²) in [7, 11) is 0. The largest absolute Gasteiger partial charge is 0.478 e. The molecule has 16 heavy (non-hydrogen) atoms. The number of aryl methyl sites for hydroxylation is 1. The first-order valence-corrected chi connectivity index (χ1v) is 5.41. The molecule has 0 radical (unpaired) electrons. The summed E-state index contributed by atoms with van der Waals surface area (Å²) in [5.41, 5.74) is 1.12. The molecule has 0 aromatic heterocycles. The topological polar surface area (TPSA) is 77.8 Å². The second kappa shape index (κ2) is 5.34. The van der Waals surface area contributed by atoms with E-state index in [1.54, 1.807) is 19.1 Å². The normalized spacial score (nSPS) is 14.5. The molecule has 0 saturated heterocycles. The van der Waals surface area contributed by atoms with Crippen molar-refractivity contribution in [2.24, 2.45) is 0 Å². The molecule has 1 rings (SSSR count). The number of rotatable bonds is 4. The minimum Gasteiger partial charge on any atom is -0.478 e. The van der Waals surface area contributed by atoms with Crippen LogP contribution in [0.15, 0.2) is 18.2 Å². The number of hydrogen-bond donors (Lipinski definition) is 4. The van der Waals surface area contributed by atoms with Crippen molar-refractivity contribution in [3.63, 3.8) is 0 Å². The van der Waals surface area contributed by atoms with Crippen molar-refractivity contribution in [1.29, 1.82) is 0 Å². The zero-order valence-electron chi connectivity index (χ0n) is 8.79. The molecule has 0 amide bonds. The van der Waals surface area contributed by atoms with Gasteiger partial charge in [0.05, 0.1) is 11.7 Å². The average molecular weight is 242 g/mol. The number of aliphatic hydroxyl groups excluding tert-OH is 2. The van der Waals surface area contributed by atoms with Crippen LogP contribution in [0.3, 0.4) is 0 Å². The molecule has 0 saturated carbocycles. The van der Waals surface area contributed by atoms with Crippen molar-refractivity contribution < 1.29 is 20.1 Å². The number of aromatic carboxylic acids is 1. The van der Waals surface area contributed by atoms with Gasteiger partial charge in [-0.2, -0.15) is 12.6 Å². The lowest BCUT2D eigenvalue weighted by molar-refractivity contribution is 0.0336. The van der Waals surface area contributed by atoms with Gasteiger partial charge in [0.2, 0.25) is 0 Å². The van der Waals surface area contributed by atoms with Crippen molar-refractivity contribution in [2.75, 3.05) is 5.75 Å². The highest BCUT2D eigenvalue weighted by molar-refractivity contribution is 7.80. The molecule has 0 aliphatic rings. The molecule has 0 fully saturated rings. The third-order valence-corrected chi connectivity index (χ3v) is 2.76. The first-order chi connectivity index (χ1) is 7.47. The van der Waals surface area contributed by atoms with Gasteiger partial charge in [-0.25, -0.2) is 4.79 Å². The van der Waals surface area contributed by atoms with Crippen LogP contribution in [0.2, 0.25) is 0 Å². The predicted octanol–water partition coefficient (Wildman–Crippen LogP) is 1.02. The molecule has 0 aliphatic heterocycles. The van der Waals surface area contributed by atoms with Gasteiger partial charge < -0.3 is 15.3 Å². The molecular formula is C11H14O4S. The molecule has 0 bridgehead atoms. The smallest absolute Gasteiger partial charge is 0.335 e. The Morgan fingerprint density at radius 1 is 1.44 bits per heavy atom. The molecular weight excluding hydrogens is 228 g/mol. The second-order valence-corrected chi connectivity index (χ2v) is 3.94. The van der Waals surface area contributed by atoms with Crippen molar-refractivity contribution in [3.8, 4) is 0 Å². The average Bonchev–Trinajstić information content (AvgIpc) is 2.27. The van der Waals surface area contributed by atoms with E-state index in [2.05, 4.69) is 12.6 Å². The minimum atomic E-state index is -1.11. The molecule has 1 aromatic carbocycles. The highest BCUT2D eigenvalue weighted by Gasteiger charge is 2.18. The molecule has 2 atom stereocenters. The standard InChI is InChI=1S/C11H14O4S/c1-6-2-3-7(4-8(6)11(14)15)10(13)9(12)5-16/h2-4,9-10,12-13,16H,5H2,1H3,(H,14,15). The van der Waals surface area contributed by atoms with Gasteiger partial charge in [-0.15, -0.1) is 0 Å². The van der Waals surface area contributed by atoms with Crippen LogP contribution in [0.4, 0.5) is 0 Å². The number of benzene rings is 1. The molecule has 1 aromatic rings. The molecule has 5 heteroatoms. The van der Waals surface area contributed by atoms with E-state index in [1.165, 1.54) is 6.07 Å². The Bertz CT molecular complexity index is 392. The zero-order chi connectivity index (χ0) is 12.3. The van der Waals surface area contributed by atoms with Crippen LogP contribution in [-0.4, -0.2) is 33.1 Å². The second-order valence-electron chi connectivity index (χ2n) is 3.57. The number of carboxylic acids is 1. The third-order valence-electron chi connectivity index (χ3n) is 2.39. The number of carbonyl (C=O) groups is 1. The van der Waals surface area contributed by atoms with Crippen LogP contribution in [0.5, 0.6) is 0 Å². The van der Waals surface area contributed by atoms with E-state index in [-0.39, 0.29) is 11.3 Å². The number of hydrogen-bond acceptors (Lipinski definition) is 4. The number of carboxylic acid groups (broad SMARTS) is 1. The Morgan fingerprint density at radius 3 is 2.56 bits per heavy atom. The summed E-state index contributed by atoms with van der Waals surface area (Å²) < 4.78 is 0. The van der Waals surface area contributed by atoms with E-state index in [0.717, 1.165) is 0 Å². The molecule has 0 spiro atoms. The quantitative estimate of drug-likeness (QED) is 0.594. The predicted molar refractivity (Wildman–Crippen MR) is 63.0 cm³/mol. The van der Waals surface area contributed by atoms with Crippen LogP contribution in [0.25, 0.3) is 0 Å². The molecule has 0 aliphatic carbocycles. The Hall–Kier alpha value is -1.04. The fraction of sp³-hybridized carbons (Fsp3) is 0.364. The Morgan fingerprint density at radius 2 is 2.06 bits per heavy atom. The number of aliphatic hydroxyl groups is 2. The lowest BCUT2D eigenvalue weighted by Gasteiger charge is -2.17. The van der Waals surface area contributed by atoms with Gasteiger partial charge >= 0.3 is 5.97 Å². The van der Waals surface area contributed by atoms with E-state index in [4.69, 9.17) is 5.11 Å². The van der Waals surface area contributed by atoms with E-state index in [1.807, 2.05) is 0 Å². The highest BCUT2D eigenvalue weighted by Crippen LogP contribution is 2.21. The van der Waals surface area contributed by atoms with E-state index in [9.17, 15) is 15.0 Å². The van der Waals surface area contributed by atoms with Crippen molar-refractivity contribution >= 4 is 18.6 Å². The summed E-state index contributed by atoms with van der Waals surface area (Å²) in [6.45, 7) is 1.68. The lowest BCUT2D eigenvalue weighted by atomic mass is 9.99. The summed E-state index contributed by atoms with van der Waals surface area (Å²) in [5.74, 6) is -0.941. The molecule has 88 valence electrons. The Labute approximate surface area is 99.0 Å². The van der Waals surface area contributed by atoms with Gasteiger partial charge in [-0.3, -0.25) is 0 Å². The van der Waals surface area contributed by atoms with Crippen molar-refractivity contribution in [3.05, 3.63) is 34.9 Å². The SMILES string of the molecule is Cc1ccc(C(O)C(O)CS)cc1C(=O)O. The summed E-state index contributed by atoms with van der Waals surface area (Å²) in [6.07, 6.45) is -2.12. The van der Waals surface area contributed by atoms with Crippen LogP contribution in [0.1, 0.15) is 27.6 Å². The van der Waals surface area contributed by atoms with Gasteiger partial charge in [0.1, 0.15) is 6.10 Å². The lowest BCUT2D eigenvalue weighted by Crippen LogP contribution is -2.20. The Kier molecular flexibility index (Phi) is 4.35. The highest BCUT2D eigenvalue weighted by atomic mass is 32.1. The molecule has 2 unspecified atom stereocenters. The molecule has 3 N–H and O–H groups in total. The van der Waals surface area contributed by atoms with E-state index in [0.29, 0.717) is 11.1 Å². The molecule has 4 nitrogen and oxygen atoms in total. The maximum absolute atomic E-state index is 10.9. The Balaban J connectivity index is 3.07. The zero-order valence-corrected chi connectivity index (χ0v) is 9.69. The van der Waals surface area contributed by atoms with Gasteiger partial charge in [0.25, 0.3) is 0 Å². The maximum atomic E-state index is 10.9. The summed E-state index contributed by atoms with van der Waals surface area (Å²) in [6, 6.07) is 4.57. The van der Waals surface area contributed by atoms with Crippen LogP contribution >= 0.6 is 12.6 Å². The summed E-state index contributed by atoms with van der Waals surface area (Å²) in [5, 5.41) is 28.0. The van der Waals surface area contributed by atoms with Gasteiger partial charge in [0.15, 0.2) is 0 Å². The third kappa shape index (κ3) is 2.75. The first-order valence-electron chi connectivity index (χ1n) is 4.78. The van der Waals surface area contributed by atoms with Crippen LogP contribution in [0, 0.1) is 6.92 Å². The summed E-state index contributed by atoms with van der Waals surface area (Å²) >= 11 is 3.87. The van der Waals surface area contributed by atoms with Crippen molar-refractivity contribution in [2.45, 2.75) is 19.1 Å².